The number of ether oxygens (including phenoxy) is 2. The first-order valence-electron chi connectivity index (χ1n) is 4.10. The lowest BCUT2D eigenvalue weighted by atomic mass is 10.1. The molecule has 0 fully saturated rings. The largest absolute Gasteiger partial charge is 0.493 e. The van der Waals surface area contributed by atoms with E-state index in [1.165, 1.54) is 14.2 Å². The number of carbonyl (C=O) groups is 1. The third kappa shape index (κ3) is 3.50. The highest BCUT2D eigenvalue weighted by Crippen LogP contribution is 2.27. The van der Waals surface area contributed by atoms with Gasteiger partial charge in [0, 0.05) is 0 Å². The van der Waals surface area contributed by atoms with E-state index in [4.69, 9.17) is 14.6 Å². The van der Waals surface area contributed by atoms with Gasteiger partial charge >= 0.3 is 5.97 Å². The van der Waals surface area contributed by atoms with Crippen molar-refractivity contribution >= 4 is 5.97 Å². The van der Waals surface area contributed by atoms with E-state index in [0.29, 0.717) is 17.1 Å². The van der Waals surface area contributed by atoms with Gasteiger partial charge in [0.25, 0.3) is 0 Å². The molecule has 0 saturated carbocycles. The van der Waals surface area contributed by atoms with E-state index in [1.807, 2.05) is 0 Å². The molecule has 1 rings (SSSR count). The summed E-state index contributed by atoms with van der Waals surface area (Å²) in [5.74, 6) is 0.283. The normalized spacial score (nSPS) is 8.93. The van der Waals surface area contributed by atoms with Crippen LogP contribution in [0.25, 0.3) is 0 Å². The Bertz CT molecular complexity index is 333. The fraction of sp³-hybridized carbons (Fsp3) is 0.364. The molecule has 0 heterocycles. The summed E-state index contributed by atoms with van der Waals surface area (Å²) in [5.41, 5.74) is 0.690. The highest BCUT2D eigenvalue weighted by atomic mass is 16.5. The van der Waals surface area contributed by atoms with Gasteiger partial charge in [-0.15, -0.1) is 0 Å². The van der Waals surface area contributed by atoms with Crippen molar-refractivity contribution in [1.29, 1.82) is 0 Å². The maximum atomic E-state index is 10.5. The van der Waals surface area contributed by atoms with Crippen LogP contribution in [0.15, 0.2) is 18.2 Å². The van der Waals surface area contributed by atoms with Crippen LogP contribution in [0.1, 0.15) is 13.0 Å². The molecule has 0 amide bonds. The standard InChI is InChI=1S/C10H12O4.CH4/c1-13-8-4-3-7(6-10(11)12)5-9(8)14-2;/h3-5H,6H2,1-2H3,(H,11,12);1H4. The van der Waals surface area contributed by atoms with Crippen LogP contribution < -0.4 is 9.47 Å². The number of aliphatic carboxylic acids is 1. The second-order valence-corrected chi connectivity index (χ2v) is 2.76. The molecule has 0 atom stereocenters. The SMILES string of the molecule is C.COc1ccc(CC(=O)O)cc1OC. The van der Waals surface area contributed by atoms with E-state index in [-0.39, 0.29) is 13.8 Å². The van der Waals surface area contributed by atoms with E-state index in [1.54, 1.807) is 18.2 Å². The van der Waals surface area contributed by atoms with Gasteiger partial charge in [0.05, 0.1) is 20.6 Å². The minimum absolute atomic E-state index is 0. The molecule has 1 aromatic rings. The summed E-state index contributed by atoms with van der Waals surface area (Å²) in [5, 5.41) is 8.58. The first kappa shape index (κ1) is 13.3. The Kier molecular flexibility index (Phi) is 5.23. The molecule has 0 radical (unpaired) electrons. The van der Waals surface area contributed by atoms with Crippen LogP contribution in [-0.2, 0) is 11.2 Å². The monoisotopic (exact) mass is 212 g/mol. The van der Waals surface area contributed by atoms with Gasteiger partial charge in [-0.05, 0) is 17.7 Å². The average molecular weight is 212 g/mol. The van der Waals surface area contributed by atoms with E-state index >= 15 is 0 Å². The fourth-order valence-corrected chi connectivity index (χ4v) is 1.17. The molecule has 15 heavy (non-hydrogen) atoms. The van der Waals surface area contributed by atoms with Gasteiger partial charge in [-0.1, -0.05) is 13.5 Å². The highest BCUT2D eigenvalue weighted by molar-refractivity contribution is 5.70. The molecule has 0 aliphatic heterocycles. The summed E-state index contributed by atoms with van der Waals surface area (Å²) in [6.07, 6.45) is -0.0135. The van der Waals surface area contributed by atoms with Crippen LogP contribution in [0.3, 0.4) is 0 Å². The molecular weight excluding hydrogens is 196 g/mol. The summed E-state index contributed by atoms with van der Waals surface area (Å²) in [6.45, 7) is 0. The number of carboxylic acids is 1. The van der Waals surface area contributed by atoms with Crippen LogP contribution in [-0.4, -0.2) is 25.3 Å². The topological polar surface area (TPSA) is 55.8 Å². The Morgan fingerprint density at radius 2 is 1.87 bits per heavy atom. The van der Waals surface area contributed by atoms with Crippen molar-refractivity contribution in [3.05, 3.63) is 23.8 Å². The van der Waals surface area contributed by atoms with Crippen molar-refractivity contribution in [3.8, 4) is 11.5 Å². The number of hydrogen-bond acceptors (Lipinski definition) is 3. The third-order valence-corrected chi connectivity index (χ3v) is 1.80. The Labute approximate surface area is 89.4 Å². The van der Waals surface area contributed by atoms with Crippen LogP contribution in [0.5, 0.6) is 11.5 Å². The predicted molar refractivity (Wildman–Crippen MR) is 57.6 cm³/mol. The summed E-state index contributed by atoms with van der Waals surface area (Å²) in [7, 11) is 3.05. The van der Waals surface area contributed by atoms with Gasteiger partial charge in [-0.2, -0.15) is 0 Å². The lowest BCUT2D eigenvalue weighted by Gasteiger charge is -2.08. The van der Waals surface area contributed by atoms with Crippen molar-refractivity contribution < 1.29 is 19.4 Å². The quantitative estimate of drug-likeness (QED) is 0.829. The van der Waals surface area contributed by atoms with Gasteiger partial charge in [-0.3, -0.25) is 4.79 Å². The average Bonchev–Trinajstić information content (AvgIpc) is 2.16. The van der Waals surface area contributed by atoms with Crippen molar-refractivity contribution in [3.63, 3.8) is 0 Å². The Balaban J connectivity index is 0.00000196. The van der Waals surface area contributed by atoms with Gasteiger partial charge in [0.1, 0.15) is 0 Å². The van der Waals surface area contributed by atoms with Gasteiger partial charge in [0.2, 0.25) is 0 Å². The van der Waals surface area contributed by atoms with E-state index in [0.717, 1.165) is 0 Å². The summed E-state index contributed by atoms with van der Waals surface area (Å²) in [4.78, 5) is 10.5. The van der Waals surface area contributed by atoms with E-state index in [9.17, 15) is 4.79 Å². The van der Waals surface area contributed by atoms with Gasteiger partial charge < -0.3 is 14.6 Å². The Morgan fingerprint density at radius 1 is 1.27 bits per heavy atom. The van der Waals surface area contributed by atoms with Crippen LogP contribution in [0.4, 0.5) is 0 Å². The summed E-state index contributed by atoms with van der Waals surface area (Å²) in [6, 6.07) is 5.06. The van der Waals surface area contributed by atoms with E-state index in [2.05, 4.69) is 0 Å². The molecular formula is C11H16O4. The van der Waals surface area contributed by atoms with Crippen molar-refractivity contribution in [2.45, 2.75) is 13.8 Å². The highest BCUT2D eigenvalue weighted by Gasteiger charge is 2.06. The third-order valence-electron chi connectivity index (χ3n) is 1.80. The second-order valence-electron chi connectivity index (χ2n) is 2.76. The summed E-state index contributed by atoms with van der Waals surface area (Å²) < 4.78 is 10.1. The predicted octanol–water partition coefficient (Wildman–Crippen LogP) is 1.97. The van der Waals surface area contributed by atoms with Crippen LogP contribution in [0.2, 0.25) is 0 Å². The summed E-state index contributed by atoms with van der Waals surface area (Å²) >= 11 is 0. The molecule has 0 aromatic heterocycles. The second kappa shape index (κ2) is 5.90. The maximum absolute atomic E-state index is 10.5. The van der Waals surface area contributed by atoms with Crippen LogP contribution >= 0.6 is 0 Å². The molecule has 0 bridgehead atoms. The zero-order valence-corrected chi connectivity index (χ0v) is 8.11. The smallest absolute Gasteiger partial charge is 0.307 e. The molecule has 0 aliphatic carbocycles. The van der Waals surface area contributed by atoms with Crippen molar-refractivity contribution in [1.82, 2.24) is 0 Å². The minimum atomic E-state index is -0.864. The number of hydrogen-bond donors (Lipinski definition) is 1. The van der Waals surface area contributed by atoms with Gasteiger partial charge in [-0.25, -0.2) is 0 Å². The number of rotatable bonds is 4. The van der Waals surface area contributed by atoms with Crippen LogP contribution in [0, 0.1) is 0 Å². The number of carboxylic acid groups (broad SMARTS) is 1. The molecule has 0 saturated heterocycles. The lowest BCUT2D eigenvalue weighted by molar-refractivity contribution is -0.136. The van der Waals surface area contributed by atoms with Gasteiger partial charge in [0.15, 0.2) is 11.5 Å². The Morgan fingerprint density at radius 3 is 2.33 bits per heavy atom. The molecule has 4 nitrogen and oxygen atoms in total. The number of benzene rings is 1. The molecule has 0 spiro atoms. The molecule has 1 N–H and O–H groups in total. The minimum Gasteiger partial charge on any atom is -0.493 e. The molecule has 1 aromatic carbocycles. The fourth-order valence-electron chi connectivity index (χ4n) is 1.17. The first-order valence-corrected chi connectivity index (χ1v) is 4.10. The molecule has 4 heteroatoms. The maximum Gasteiger partial charge on any atom is 0.307 e. The first-order chi connectivity index (χ1) is 6.67. The molecule has 0 unspecified atom stereocenters. The van der Waals surface area contributed by atoms with Crippen molar-refractivity contribution in [2.24, 2.45) is 0 Å². The lowest BCUT2D eigenvalue weighted by Crippen LogP contribution is -2.00. The van der Waals surface area contributed by atoms with Crippen molar-refractivity contribution in [2.75, 3.05) is 14.2 Å². The van der Waals surface area contributed by atoms with E-state index < -0.39 is 5.97 Å². The zero-order valence-electron chi connectivity index (χ0n) is 8.11. The number of methoxy groups -OCH3 is 2. The Hall–Kier alpha value is -1.71. The zero-order chi connectivity index (χ0) is 10.6. The molecule has 0 aliphatic rings. The molecule has 84 valence electrons.